The molecule has 6 heteroatoms. The summed E-state index contributed by atoms with van der Waals surface area (Å²) in [5.41, 5.74) is 1.12. The molecule has 0 saturated heterocycles. The van der Waals surface area contributed by atoms with Crippen LogP contribution in [0.3, 0.4) is 0 Å². The Morgan fingerprint density at radius 2 is 1.96 bits per heavy atom. The average molecular weight is 431 g/mol. The summed E-state index contributed by atoms with van der Waals surface area (Å²) in [6, 6.07) is 6.31. The molecule has 0 radical (unpaired) electrons. The third kappa shape index (κ3) is 5.93. The molecule has 0 fully saturated rings. The van der Waals surface area contributed by atoms with Gasteiger partial charge in [-0.25, -0.2) is 0 Å². The zero-order chi connectivity index (χ0) is 15.8. The fraction of sp³-hybridized carbons (Fsp3) is 0.471. The lowest BCUT2D eigenvalue weighted by Gasteiger charge is -2.17. The highest BCUT2D eigenvalue weighted by Gasteiger charge is 2.11. The summed E-state index contributed by atoms with van der Waals surface area (Å²) in [6.45, 7) is 0.781. The number of ether oxygens (including phenoxy) is 2. The predicted octanol–water partition coefficient (Wildman–Crippen LogP) is 2.75. The van der Waals surface area contributed by atoms with Gasteiger partial charge in [-0.3, -0.25) is 4.99 Å². The van der Waals surface area contributed by atoms with Gasteiger partial charge in [-0.15, -0.1) is 24.0 Å². The first-order valence-electron chi connectivity index (χ1n) is 7.60. The maximum Gasteiger partial charge on any atom is 0.191 e. The molecule has 1 aromatic carbocycles. The molecule has 0 saturated carbocycles. The Hall–Kier alpha value is -1.44. The molecule has 2 rings (SSSR count). The number of nitrogens with zero attached hydrogens (tertiary/aromatic N) is 1. The second-order valence-electron chi connectivity index (χ2n) is 5.21. The smallest absolute Gasteiger partial charge is 0.191 e. The summed E-state index contributed by atoms with van der Waals surface area (Å²) in [5.74, 6) is 2.57. The fourth-order valence-corrected chi connectivity index (χ4v) is 2.52. The fourth-order valence-electron chi connectivity index (χ4n) is 2.52. The number of rotatable bonds is 6. The van der Waals surface area contributed by atoms with E-state index in [-0.39, 0.29) is 24.0 Å². The van der Waals surface area contributed by atoms with Crippen molar-refractivity contribution in [3.05, 3.63) is 35.9 Å². The molecule has 0 unspecified atom stereocenters. The molecule has 0 aliphatic heterocycles. The van der Waals surface area contributed by atoms with Crippen molar-refractivity contribution in [3.8, 4) is 11.5 Å². The number of hydrogen-bond acceptors (Lipinski definition) is 3. The zero-order valence-electron chi connectivity index (χ0n) is 14.0. The monoisotopic (exact) mass is 431 g/mol. The van der Waals surface area contributed by atoms with E-state index in [9.17, 15) is 0 Å². The van der Waals surface area contributed by atoms with Crippen molar-refractivity contribution in [1.29, 1.82) is 0 Å². The SMILES string of the molecule is CN=C(NCCc1cc(OC)ccc1OC)NC1CC=CC1.I. The minimum atomic E-state index is 0. The maximum absolute atomic E-state index is 5.40. The molecule has 1 aliphatic carbocycles. The number of aliphatic imine (C=N–C) groups is 1. The summed E-state index contributed by atoms with van der Waals surface area (Å²) in [5, 5.41) is 6.77. The molecule has 128 valence electrons. The van der Waals surface area contributed by atoms with E-state index < -0.39 is 0 Å². The van der Waals surface area contributed by atoms with E-state index in [1.807, 2.05) is 18.2 Å². The highest BCUT2D eigenvalue weighted by Crippen LogP contribution is 2.24. The molecular formula is C17H26IN3O2. The lowest BCUT2D eigenvalue weighted by atomic mass is 10.1. The van der Waals surface area contributed by atoms with E-state index in [1.54, 1.807) is 21.3 Å². The van der Waals surface area contributed by atoms with Crippen LogP contribution >= 0.6 is 24.0 Å². The first-order chi connectivity index (χ1) is 10.8. The van der Waals surface area contributed by atoms with E-state index in [0.29, 0.717) is 6.04 Å². The molecule has 0 amide bonds. The Labute approximate surface area is 155 Å². The largest absolute Gasteiger partial charge is 0.497 e. The Kier molecular flexibility index (Phi) is 8.83. The van der Waals surface area contributed by atoms with Crippen molar-refractivity contribution in [2.75, 3.05) is 27.8 Å². The lowest BCUT2D eigenvalue weighted by molar-refractivity contribution is 0.398. The van der Waals surface area contributed by atoms with Gasteiger partial charge in [-0.1, -0.05) is 12.2 Å². The molecule has 5 nitrogen and oxygen atoms in total. The highest BCUT2D eigenvalue weighted by atomic mass is 127. The van der Waals surface area contributed by atoms with Crippen molar-refractivity contribution in [2.24, 2.45) is 4.99 Å². The second kappa shape index (κ2) is 10.4. The minimum Gasteiger partial charge on any atom is -0.497 e. The number of methoxy groups -OCH3 is 2. The van der Waals surface area contributed by atoms with Gasteiger partial charge in [-0.2, -0.15) is 0 Å². The molecule has 23 heavy (non-hydrogen) atoms. The molecule has 0 spiro atoms. The van der Waals surface area contributed by atoms with Gasteiger partial charge >= 0.3 is 0 Å². The molecular weight excluding hydrogens is 405 g/mol. The van der Waals surface area contributed by atoms with E-state index in [1.165, 1.54) is 0 Å². The van der Waals surface area contributed by atoms with Crippen LogP contribution in [0.5, 0.6) is 11.5 Å². The van der Waals surface area contributed by atoms with E-state index in [2.05, 4.69) is 27.8 Å². The van der Waals surface area contributed by atoms with Crippen LogP contribution in [0.15, 0.2) is 35.3 Å². The van der Waals surface area contributed by atoms with Gasteiger partial charge in [0.1, 0.15) is 11.5 Å². The Bertz CT molecular complexity index is 539. The van der Waals surface area contributed by atoms with E-state index in [0.717, 1.165) is 48.8 Å². The van der Waals surface area contributed by atoms with Gasteiger partial charge in [0.2, 0.25) is 0 Å². The van der Waals surface area contributed by atoms with Crippen molar-refractivity contribution < 1.29 is 9.47 Å². The third-order valence-corrected chi connectivity index (χ3v) is 3.75. The Balaban J connectivity index is 0.00000264. The third-order valence-electron chi connectivity index (χ3n) is 3.75. The minimum absolute atomic E-state index is 0. The molecule has 1 aromatic rings. The number of benzene rings is 1. The van der Waals surface area contributed by atoms with E-state index in [4.69, 9.17) is 9.47 Å². The maximum atomic E-state index is 5.40. The highest BCUT2D eigenvalue weighted by molar-refractivity contribution is 14.0. The second-order valence-corrected chi connectivity index (χ2v) is 5.21. The molecule has 0 heterocycles. The quantitative estimate of drug-likeness (QED) is 0.315. The average Bonchev–Trinajstić information content (AvgIpc) is 3.06. The van der Waals surface area contributed by atoms with Crippen LogP contribution in [0.1, 0.15) is 18.4 Å². The summed E-state index contributed by atoms with van der Waals surface area (Å²) >= 11 is 0. The lowest BCUT2D eigenvalue weighted by Crippen LogP contribution is -2.43. The van der Waals surface area contributed by atoms with Gasteiger partial charge in [-0.05, 0) is 43.0 Å². The van der Waals surface area contributed by atoms with Crippen molar-refractivity contribution in [2.45, 2.75) is 25.3 Å². The van der Waals surface area contributed by atoms with Crippen LogP contribution in [0.4, 0.5) is 0 Å². The summed E-state index contributed by atoms with van der Waals surface area (Å²) in [4.78, 5) is 4.27. The number of hydrogen-bond donors (Lipinski definition) is 2. The molecule has 0 bridgehead atoms. The van der Waals surface area contributed by atoms with Crippen LogP contribution in [0.25, 0.3) is 0 Å². The summed E-state index contributed by atoms with van der Waals surface area (Å²) in [7, 11) is 5.15. The van der Waals surface area contributed by atoms with Crippen LogP contribution < -0.4 is 20.1 Å². The standard InChI is InChI=1S/C17H25N3O2.HI/c1-18-17(20-14-6-4-5-7-14)19-11-10-13-12-15(21-2)8-9-16(13)22-3;/h4-5,8-9,12,14H,6-7,10-11H2,1-3H3,(H2,18,19,20);1H. The first-order valence-corrected chi connectivity index (χ1v) is 7.60. The van der Waals surface area contributed by atoms with Crippen molar-refractivity contribution in [1.82, 2.24) is 10.6 Å². The van der Waals surface area contributed by atoms with Gasteiger partial charge in [0, 0.05) is 19.6 Å². The normalized spacial score (nSPS) is 14.3. The van der Waals surface area contributed by atoms with Gasteiger partial charge < -0.3 is 20.1 Å². The predicted molar refractivity (Wildman–Crippen MR) is 105 cm³/mol. The van der Waals surface area contributed by atoms with Crippen LogP contribution in [0, 0.1) is 0 Å². The van der Waals surface area contributed by atoms with Crippen molar-refractivity contribution in [3.63, 3.8) is 0 Å². The van der Waals surface area contributed by atoms with Crippen molar-refractivity contribution >= 4 is 29.9 Å². The number of nitrogens with one attached hydrogen (secondary N) is 2. The summed E-state index contributed by atoms with van der Waals surface area (Å²) < 4.78 is 10.7. The van der Waals surface area contributed by atoms with Crippen LogP contribution in [-0.2, 0) is 6.42 Å². The van der Waals surface area contributed by atoms with Crippen LogP contribution in [0.2, 0.25) is 0 Å². The number of halogens is 1. The molecule has 2 N–H and O–H groups in total. The Morgan fingerprint density at radius 3 is 2.57 bits per heavy atom. The van der Waals surface area contributed by atoms with Gasteiger partial charge in [0.05, 0.1) is 14.2 Å². The van der Waals surface area contributed by atoms with E-state index >= 15 is 0 Å². The number of guanidine groups is 1. The zero-order valence-corrected chi connectivity index (χ0v) is 16.3. The topological polar surface area (TPSA) is 54.9 Å². The molecule has 0 aromatic heterocycles. The van der Waals surface area contributed by atoms with Gasteiger partial charge in [0.15, 0.2) is 5.96 Å². The van der Waals surface area contributed by atoms with Crippen LogP contribution in [-0.4, -0.2) is 39.8 Å². The summed E-state index contributed by atoms with van der Waals surface area (Å²) in [6.07, 6.45) is 7.36. The molecule has 0 atom stereocenters. The molecule has 1 aliphatic rings. The Morgan fingerprint density at radius 1 is 1.22 bits per heavy atom. The van der Waals surface area contributed by atoms with Gasteiger partial charge in [0.25, 0.3) is 0 Å². The first kappa shape index (κ1) is 19.6.